The summed E-state index contributed by atoms with van der Waals surface area (Å²) in [5.41, 5.74) is -1.48. The van der Waals surface area contributed by atoms with Crippen molar-refractivity contribution in [2.75, 3.05) is 38.0 Å². The molecule has 0 radical (unpaired) electrons. The van der Waals surface area contributed by atoms with E-state index in [1.165, 1.54) is 18.2 Å². The lowest BCUT2D eigenvalue weighted by molar-refractivity contribution is -0.385. The highest BCUT2D eigenvalue weighted by atomic mass is 35.5. The third-order valence-electron chi connectivity index (χ3n) is 4.93. The smallest absolute Gasteiger partial charge is 0.324 e. The molecule has 1 saturated heterocycles. The number of non-ortho nitro benzene ring substituents is 1. The number of nitrogens with one attached hydrogen (secondary N) is 1. The Labute approximate surface area is 191 Å². The van der Waals surface area contributed by atoms with Crippen LogP contribution in [-0.4, -0.2) is 61.2 Å². The molecular formula is C19H18ClF3N4O5S. The van der Waals surface area contributed by atoms with Crippen LogP contribution < -0.4 is 5.32 Å². The van der Waals surface area contributed by atoms with Crippen molar-refractivity contribution in [1.29, 1.82) is 0 Å². The van der Waals surface area contributed by atoms with Gasteiger partial charge in [0.05, 0.1) is 32.6 Å². The molecule has 1 aliphatic rings. The van der Waals surface area contributed by atoms with Crippen molar-refractivity contribution >= 4 is 38.9 Å². The Morgan fingerprint density at radius 1 is 1.12 bits per heavy atom. The molecule has 1 N–H and O–H groups in total. The molecule has 0 bridgehead atoms. The van der Waals surface area contributed by atoms with Crippen molar-refractivity contribution in [3.8, 4) is 0 Å². The molecule has 0 atom stereocenters. The number of carbonyl (C=O) groups is 1. The first-order chi connectivity index (χ1) is 15.4. The van der Waals surface area contributed by atoms with Crippen LogP contribution in [0, 0.1) is 10.1 Å². The zero-order valence-corrected chi connectivity index (χ0v) is 18.5. The number of rotatable bonds is 6. The quantitative estimate of drug-likeness (QED) is 0.475. The summed E-state index contributed by atoms with van der Waals surface area (Å²) in [7, 11) is -3.97. The molecule has 0 spiro atoms. The van der Waals surface area contributed by atoms with Crippen molar-refractivity contribution in [2.24, 2.45) is 0 Å². The fourth-order valence-corrected chi connectivity index (χ4v) is 4.85. The first-order valence-electron chi connectivity index (χ1n) is 9.51. The molecule has 1 heterocycles. The zero-order chi connectivity index (χ0) is 24.4. The lowest BCUT2D eigenvalue weighted by Gasteiger charge is -2.33. The number of amides is 1. The van der Waals surface area contributed by atoms with E-state index in [9.17, 15) is 36.5 Å². The molecule has 3 rings (SSSR count). The Morgan fingerprint density at radius 2 is 1.79 bits per heavy atom. The van der Waals surface area contributed by atoms with E-state index < -0.39 is 32.6 Å². The monoisotopic (exact) mass is 506 g/mol. The van der Waals surface area contributed by atoms with E-state index in [1.54, 1.807) is 4.90 Å². The molecule has 2 aromatic rings. The van der Waals surface area contributed by atoms with E-state index in [-0.39, 0.29) is 54.0 Å². The highest BCUT2D eigenvalue weighted by Crippen LogP contribution is 2.33. The van der Waals surface area contributed by atoms with E-state index in [1.807, 2.05) is 0 Å². The Kier molecular flexibility index (Phi) is 7.26. The molecule has 1 aliphatic heterocycles. The van der Waals surface area contributed by atoms with Crippen molar-refractivity contribution in [3.63, 3.8) is 0 Å². The number of anilines is 1. The maximum atomic E-state index is 12.9. The number of piperazine rings is 1. The van der Waals surface area contributed by atoms with Gasteiger partial charge in [0.2, 0.25) is 15.9 Å². The summed E-state index contributed by atoms with van der Waals surface area (Å²) in [5.74, 6) is -0.605. The van der Waals surface area contributed by atoms with E-state index in [0.29, 0.717) is 0 Å². The number of nitro benzene ring substituents is 1. The highest BCUT2D eigenvalue weighted by Gasteiger charge is 2.32. The molecule has 0 unspecified atom stereocenters. The van der Waals surface area contributed by atoms with Crippen molar-refractivity contribution in [3.05, 3.63) is 63.2 Å². The second-order valence-corrected chi connectivity index (χ2v) is 9.52. The van der Waals surface area contributed by atoms with Gasteiger partial charge in [0.25, 0.3) is 5.69 Å². The first kappa shape index (κ1) is 24.9. The molecule has 33 heavy (non-hydrogen) atoms. The van der Waals surface area contributed by atoms with Gasteiger partial charge in [0.15, 0.2) is 0 Å². The van der Waals surface area contributed by atoms with Crippen molar-refractivity contribution in [1.82, 2.24) is 9.21 Å². The fourth-order valence-electron chi connectivity index (χ4n) is 3.22. The highest BCUT2D eigenvalue weighted by molar-refractivity contribution is 7.89. The van der Waals surface area contributed by atoms with Crippen LogP contribution in [0.1, 0.15) is 5.56 Å². The van der Waals surface area contributed by atoms with Gasteiger partial charge in [-0.3, -0.25) is 19.8 Å². The fraction of sp³-hybridized carbons (Fsp3) is 0.316. The third kappa shape index (κ3) is 5.99. The second-order valence-electron chi connectivity index (χ2n) is 7.18. The number of nitrogens with zero attached hydrogens (tertiary/aromatic N) is 3. The van der Waals surface area contributed by atoms with Gasteiger partial charge in [0, 0.05) is 38.3 Å². The number of halogens is 4. The molecule has 2 aromatic carbocycles. The number of alkyl halides is 3. The predicted molar refractivity (Wildman–Crippen MR) is 113 cm³/mol. The van der Waals surface area contributed by atoms with Crippen LogP contribution in [0.2, 0.25) is 5.02 Å². The number of carbonyl (C=O) groups excluding carboxylic acids is 1. The minimum atomic E-state index is -4.59. The van der Waals surface area contributed by atoms with Crippen molar-refractivity contribution < 1.29 is 31.3 Å². The molecule has 0 saturated carbocycles. The summed E-state index contributed by atoms with van der Waals surface area (Å²) in [6.45, 7) is 0.234. The van der Waals surface area contributed by atoms with E-state index in [0.717, 1.165) is 28.6 Å². The number of hydrogen-bond acceptors (Lipinski definition) is 6. The van der Waals surface area contributed by atoms with E-state index >= 15 is 0 Å². The number of hydrogen-bond donors (Lipinski definition) is 1. The molecule has 0 aliphatic carbocycles. The maximum Gasteiger partial charge on any atom is 0.416 e. The molecule has 178 valence electrons. The van der Waals surface area contributed by atoms with Gasteiger partial charge in [-0.1, -0.05) is 17.7 Å². The lowest BCUT2D eigenvalue weighted by atomic mass is 10.2. The number of sulfonamides is 1. The van der Waals surface area contributed by atoms with Crippen LogP contribution >= 0.6 is 11.6 Å². The number of benzene rings is 2. The van der Waals surface area contributed by atoms with Crippen LogP contribution in [0.25, 0.3) is 0 Å². The van der Waals surface area contributed by atoms with Crippen LogP contribution in [0.3, 0.4) is 0 Å². The molecular weight excluding hydrogens is 489 g/mol. The average molecular weight is 507 g/mol. The molecule has 1 amide bonds. The van der Waals surface area contributed by atoms with Crippen LogP contribution in [0.5, 0.6) is 0 Å². The molecule has 9 nitrogen and oxygen atoms in total. The maximum absolute atomic E-state index is 12.9. The summed E-state index contributed by atoms with van der Waals surface area (Å²) < 4.78 is 65.3. The topological polar surface area (TPSA) is 113 Å². The van der Waals surface area contributed by atoms with Gasteiger partial charge in [-0.05, 0) is 24.3 Å². The summed E-state index contributed by atoms with van der Waals surface area (Å²) in [5, 5.41) is 13.2. The second kappa shape index (κ2) is 9.63. The van der Waals surface area contributed by atoms with E-state index in [4.69, 9.17) is 11.6 Å². The van der Waals surface area contributed by atoms with Gasteiger partial charge in [-0.15, -0.1) is 0 Å². The Balaban J connectivity index is 1.60. The molecule has 1 fully saturated rings. The van der Waals surface area contributed by atoms with Gasteiger partial charge in [0.1, 0.15) is 0 Å². The van der Waals surface area contributed by atoms with Gasteiger partial charge >= 0.3 is 6.18 Å². The van der Waals surface area contributed by atoms with Crippen LogP contribution in [-0.2, 0) is 21.0 Å². The Morgan fingerprint density at radius 3 is 2.39 bits per heavy atom. The Hall–Kier alpha value is -2.74. The van der Waals surface area contributed by atoms with Crippen LogP contribution in [0.4, 0.5) is 24.5 Å². The summed E-state index contributed by atoms with van der Waals surface area (Å²) in [6.07, 6.45) is -4.59. The standard InChI is InChI=1S/C19H18ClF3N4O5S/c20-16-5-4-13(19(21,22)23)10-17(16)24-18(28)12-25-6-8-26(9-7-25)33(31,32)15-3-1-2-14(11-15)27(29)30/h1-5,10-11H,6-9,12H2,(H,24,28). The average Bonchev–Trinajstić information content (AvgIpc) is 2.75. The van der Waals surface area contributed by atoms with Crippen molar-refractivity contribution in [2.45, 2.75) is 11.1 Å². The summed E-state index contributed by atoms with van der Waals surface area (Å²) >= 11 is 5.88. The molecule has 0 aromatic heterocycles. The van der Waals surface area contributed by atoms with Gasteiger partial charge in [-0.25, -0.2) is 8.42 Å². The minimum absolute atomic E-state index is 0.0304. The normalized spacial score (nSPS) is 15.9. The zero-order valence-electron chi connectivity index (χ0n) is 16.9. The first-order valence-corrected chi connectivity index (χ1v) is 11.3. The summed E-state index contributed by atoms with van der Waals surface area (Å²) in [4.78, 5) is 24.0. The SMILES string of the molecule is O=C(CN1CCN(S(=O)(=O)c2cccc([N+](=O)[O-])c2)CC1)Nc1cc(C(F)(F)F)ccc1Cl. The van der Waals surface area contributed by atoms with Gasteiger partial charge < -0.3 is 5.32 Å². The van der Waals surface area contributed by atoms with E-state index in [2.05, 4.69) is 5.32 Å². The number of nitro groups is 1. The lowest BCUT2D eigenvalue weighted by Crippen LogP contribution is -2.50. The molecule has 14 heteroatoms. The third-order valence-corrected chi connectivity index (χ3v) is 7.16. The summed E-state index contributed by atoms with van der Waals surface area (Å²) in [6, 6.07) is 7.30. The Bertz CT molecular complexity index is 1170. The van der Waals surface area contributed by atoms with Gasteiger partial charge in [-0.2, -0.15) is 17.5 Å². The minimum Gasteiger partial charge on any atom is -0.324 e. The van der Waals surface area contributed by atoms with Crippen LogP contribution in [0.15, 0.2) is 47.4 Å². The largest absolute Gasteiger partial charge is 0.416 e. The predicted octanol–water partition coefficient (Wildman–Crippen LogP) is 3.21.